The standard InChI is InChI=1S/C12H24N2O2.ClH/c1-9(2)16-8-5-12(15)14-7-6-13-10(3)11(14)4;/h9-11,13H,5-8H2,1-4H3;1H. The van der Waals surface area contributed by atoms with Crippen molar-refractivity contribution in [2.75, 3.05) is 19.7 Å². The third kappa shape index (κ3) is 5.23. The fraction of sp³-hybridized carbons (Fsp3) is 0.917. The van der Waals surface area contributed by atoms with Crippen LogP contribution in [-0.4, -0.2) is 48.7 Å². The monoisotopic (exact) mass is 264 g/mol. The lowest BCUT2D eigenvalue weighted by molar-refractivity contribution is -0.136. The number of carbonyl (C=O) groups excluding carboxylic acids is 1. The Morgan fingerprint density at radius 3 is 2.71 bits per heavy atom. The van der Waals surface area contributed by atoms with Gasteiger partial charge < -0.3 is 15.0 Å². The van der Waals surface area contributed by atoms with Crippen molar-refractivity contribution in [3.05, 3.63) is 0 Å². The van der Waals surface area contributed by atoms with E-state index in [9.17, 15) is 4.79 Å². The molecule has 1 amide bonds. The van der Waals surface area contributed by atoms with E-state index in [1.54, 1.807) is 0 Å². The minimum atomic E-state index is 0. The van der Waals surface area contributed by atoms with E-state index in [-0.39, 0.29) is 30.5 Å². The quantitative estimate of drug-likeness (QED) is 0.835. The number of hydrogen-bond donors (Lipinski definition) is 1. The van der Waals surface area contributed by atoms with E-state index in [0.717, 1.165) is 13.1 Å². The highest BCUT2D eigenvalue weighted by Gasteiger charge is 2.27. The molecule has 4 nitrogen and oxygen atoms in total. The van der Waals surface area contributed by atoms with E-state index in [2.05, 4.69) is 19.2 Å². The number of ether oxygens (including phenoxy) is 1. The largest absolute Gasteiger partial charge is 0.378 e. The van der Waals surface area contributed by atoms with Crippen molar-refractivity contribution in [1.82, 2.24) is 10.2 Å². The fourth-order valence-electron chi connectivity index (χ4n) is 1.93. The lowest BCUT2D eigenvalue weighted by atomic mass is 10.1. The van der Waals surface area contributed by atoms with Gasteiger partial charge in [0.05, 0.1) is 19.1 Å². The summed E-state index contributed by atoms with van der Waals surface area (Å²) >= 11 is 0. The molecule has 1 heterocycles. The number of carbonyl (C=O) groups is 1. The van der Waals surface area contributed by atoms with Crippen LogP contribution in [0.15, 0.2) is 0 Å². The summed E-state index contributed by atoms with van der Waals surface area (Å²) in [4.78, 5) is 13.9. The minimum absolute atomic E-state index is 0. The van der Waals surface area contributed by atoms with Gasteiger partial charge in [-0.15, -0.1) is 12.4 Å². The molecule has 0 bridgehead atoms. The molecule has 0 saturated carbocycles. The van der Waals surface area contributed by atoms with Gasteiger partial charge in [-0.05, 0) is 27.7 Å². The normalized spacial score (nSPS) is 24.6. The van der Waals surface area contributed by atoms with E-state index >= 15 is 0 Å². The van der Waals surface area contributed by atoms with Crippen molar-refractivity contribution in [1.29, 1.82) is 0 Å². The van der Waals surface area contributed by atoms with E-state index in [0.29, 0.717) is 19.1 Å². The van der Waals surface area contributed by atoms with Crippen LogP contribution >= 0.6 is 12.4 Å². The maximum Gasteiger partial charge on any atom is 0.225 e. The molecule has 1 aliphatic heterocycles. The van der Waals surface area contributed by atoms with Gasteiger partial charge in [-0.25, -0.2) is 0 Å². The first-order valence-corrected chi connectivity index (χ1v) is 6.17. The summed E-state index contributed by atoms with van der Waals surface area (Å²) in [5.41, 5.74) is 0. The fourth-order valence-corrected chi connectivity index (χ4v) is 1.93. The highest BCUT2D eigenvalue weighted by atomic mass is 35.5. The van der Waals surface area contributed by atoms with Crippen molar-refractivity contribution in [2.45, 2.75) is 52.3 Å². The molecule has 2 unspecified atom stereocenters. The van der Waals surface area contributed by atoms with E-state index in [4.69, 9.17) is 4.74 Å². The number of rotatable bonds is 4. The number of hydrogen-bond acceptors (Lipinski definition) is 3. The minimum Gasteiger partial charge on any atom is -0.378 e. The first-order valence-electron chi connectivity index (χ1n) is 6.17. The highest BCUT2D eigenvalue weighted by molar-refractivity contribution is 5.85. The van der Waals surface area contributed by atoms with Gasteiger partial charge >= 0.3 is 0 Å². The Morgan fingerprint density at radius 2 is 2.12 bits per heavy atom. The molecule has 0 spiro atoms. The summed E-state index contributed by atoms with van der Waals surface area (Å²) < 4.78 is 5.40. The van der Waals surface area contributed by atoms with Crippen LogP contribution in [-0.2, 0) is 9.53 Å². The predicted molar refractivity (Wildman–Crippen MR) is 71.6 cm³/mol. The third-order valence-corrected chi connectivity index (χ3v) is 3.12. The lowest BCUT2D eigenvalue weighted by Crippen LogP contribution is -2.57. The maximum atomic E-state index is 12.0. The summed E-state index contributed by atoms with van der Waals surface area (Å²) in [5.74, 6) is 0.210. The Hall–Kier alpha value is -0.320. The molecule has 1 aliphatic rings. The maximum absolute atomic E-state index is 12.0. The number of piperazine rings is 1. The molecule has 1 N–H and O–H groups in total. The number of amides is 1. The molecule has 1 fully saturated rings. The molecule has 1 saturated heterocycles. The molecule has 17 heavy (non-hydrogen) atoms. The van der Waals surface area contributed by atoms with E-state index < -0.39 is 0 Å². The predicted octanol–water partition coefficient (Wildman–Crippen LogP) is 1.43. The Kier molecular flexibility index (Phi) is 7.75. The summed E-state index contributed by atoms with van der Waals surface area (Å²) in [7, 11) is 0. The van der Waals surface area contributed by atoms with Crippen LogP contribution in [0.4, 0.5) is 0 Å². The van der Waals surface area contributed by atoms with Gasteiger partial charge in [0, 0.05) is 25.2 Å². The average Bonchev–Trinajstić information content (AvgIpc) is 2.21. The van der Waals surface area contributed by atoms with Crippen LogP contribution in [0.2, 0.25) is 0 Å². The lowest BCUT2D eigenvalue weighted by Gasteiger charge is -2.38. The Bertz CT molecular complexity index is 237. The Balaban J connectivity index is 0.00000256. The molecule has 0 aromatic heterocycles. The smallest absolute Gasteiger partial charge is 0.225 e. The molecule has 1 rings (SSSR count). The molecule has 0 radical (unpaired) electrons. The van der Waals surface area contributed by atoms with Crippen LogP contribution in [0.25, 0.3) is 0 Å². The molecule has 102 valence electrons. The summed E-state index contributed by atoms with van der Waals surface area (Å²) in [5, 5.41) is 3.37. The zero-order chi connectivity index (χ0) is 12.1. The van der Waals surface area contributed by atoms with Gasteiger partial charge in [0.1, 0.15) is 0 Å². The SMILES string of the molecule is CC(C)OCCC(=O)N1CCNC(C)C1C.Cl. The number of nitrogens with one attached hydrogen (secondary N) is 1. The van der Waals surface area contributed by atoms with Crippen LogP contribution < -0.4 is 5.32 Å². The van der Waals surface area contributed by atoms with Gasteiger partial charge in [0.15, 0.2) is 0 Å². The first-order chi connectivity index (χ1) is 7.52. The average molecular weight is 265 g/mol. The van der Waals surface area contributed by atoms with Gasteiger partial charge in [-0.1, -0.05) is 0 Å². The zero-order valence-corrected chi connectivity index (χ0v) is 12.0. The summed E-state index contributed by atoms with van der Waals surface area (Å²) in [6.45, 7) is 10.4. The Morgan fingerprint density at radius 1 is 1.47 bits per heavy atom. The van der Waals surface area contributed by atoms with Gasteiger partial charge in [-0.3, -0.25) is 4.79 Å². The van der Waals surface area contributed by atoms with Crippen LogP contribution in [0, 0.1) is 0 Å². The van der Waals surface area contributed by atoms with Crippen LogP contribution in [0.5, 0.6) is 0 Å². The van der Waals surface area contributed by atoms with Crippen molar-refractivity contribution >= 4 is 18.3 Å². The first kappa shape index (κ1) is 16.7. The third-order valence-electron chi connectivity index (χ3n) is 3.12. The van der Waals surface area contributed by atoms with Crippen LogP contribution in [0.1, 0.15) is 34.1 Å². The number of nitrogens with zero attached hydrogens (tertiary/aromatic N) is 1. The molecule has 0 aliphatic carbocycles. The molecule has 0 aromatic carbocycles. The molecule has 0 aromatic rings. The van der Waals surface area contributed by atoms with Crippen LogP contribution in [0.3, 0.4) is 0 Å². The summed E-state index contributed by atoms with van der Waals surface area (Å²) in [6, 6.07) is 0.656. The Labute approximate surface area is 110 Å². The topological polar surface area (TPSA) is 41.6 Å². The second-order valence-corrected chi connectivity index (χ2v) is 4.74. The summed E-state index contributed by atoms with van der Waals surface area (Å²) in [6.07, 6.45) is 0.696. The van der Waals surface area contributed by atoms with Crippen molar-refractivity contribution in [2.24, 2.45) is 0 Å². The molecule has 2 atom stereocenters. The zero-order valence-electron chi connectivity index (χ0n) is 11.2. The van der Waals surface area contributed by atoms with Gasteiger partial charge in [-0.2, -0.15) is 0 Å². The molecule has 5 heteroatoms. The van der Waals surface area contributed by atoms with Gasteiger partial charge in [0.2, 0.25) is 5.91 Å². The highest BCUT2D eigenvalue weighted by Crippen LogP contribution is 2.10. The molecular formula is C12H25ClN2O2. The van der Waals surface area contributed by atoms with E-state index in [1.807, 2.05) is 18.7 Å². The van der Waals surface area contributed by atoms with Crippen molar-refractivity contribution in [3.63, 3.8) is 0 Å². The second-order valence-electron chi connectivity index (χ2n) is 4.74. The number of halogens is 1. The molecular weight excluding hydrogens is 240 g/mol. The van der Waals surface area contributed by atoms with Crippen molar-refractivity contribution < 1.29 is 9.53 Å². The van der Waals surface area contributed by atoms with Gasteiger partial charge in [0.25, 0.3) is 0 Å². The van der Waals surface area contributed by atoms with Crippen molar-refractivity contribution in [3.8, 4) is 0 Å². The van der Waals surface area contributed by atoms with E-state index in [1.165, 1.54) is 0 Å². The second kappa shape index (κ2) is 7.90.